The second-order valence-corrected chi connectivity index (χ2v) is 3.96. The van der Waals surface area contributed by atoms with E-state index < -0.39 is 0 Å². The summed E-state index contributed by atoms with van der Waals surface area (Å²) in [5.74, 6) is 1.23. The van der Waals surface area contributed by atoms with E-state index in [1.165, 1.54) is 11.4 Å². The number of allylic oxidation sites excluding steroid dienone is 1. The van der Waals surface area contributed by atoms with E-state index in [0.29, 0.717) is 0 Å². The third-order valence-electron chi connectivity index (χ3n) is 1.45. The highest BCUT2D eigenvalue weighted by atomic mass is 32.2. The van der Waals surface area contributed by atoms with Gasteiger partial charge >= 0.3 is 0 Å². The summed E-state index contributed by atoms with van der Waals surface area (Å²) in [6.07, 6.45) is 1.13. The molecule has 1 aliphatic heterocycles. The Morgan fingerprint density at radius 2 is 2.56 bits per heavy atom. The third kappa shape index (κ3) is 2.31. The Bertz CT molecular complexity index is 111. The van der Waals surface area contributed by atoms with Gasteiger partial charge in [0.05, 0.1) is 0 Å². The molecule has 1 nitrogen and oxygen atoms in total. The van der Waals surface area contributed by atoms with Crippen molar-refractivity contribution in [3.05, 3.63) is 12.3 Å². The predicted octanol–water partition coefficient (Wildman–Crippen LogP) is 1.62. The quantitative estimate of drug-likeness (QED) is 0.553. The molecule has 0 bridgehead atoms. The maximum absolute atomic E-state index is 3.88. The minimum Gasteiger partial charge on any atom is -0.388 e. The Morgan fingerprint density at radius 1 is 1.78 bits per heavy atom. The molecular formula is C7H13NS. The van der Waals surface area contributed by atoms with Gasteiger partial charge in [0.15, 0.2) is 0 Å². The van der Waals surface area contributed by atoms with Crippen molar-refractivity contribution in [1.82, 2.24) is 5.32 Å². The van der Waals surface area contributed by atoms with Crippen LogP contribution >= 0.6 is 11.8 Å². The average Bonchev–Trinajstić information content (AvgIpc) is 1.97. The summed E-state index contributed by atoms with van der Waals surface area (Å²) in [4.78, 5) is 0. The van der Waals surface area contributed by atoms with Crippen LogP contribution in [0.1, 0.15) is 13.3 Å². The molecule has 9 heavy (non-hydrogen) atoms. The number of nitrogens with one attached hydrogen (secondary N) is 1. The predicted molar refractivity (Wildman–Crippen MR) is 43.7 cm³/mol. The van der Waals surface area contributed by atoms with Gasteiger partial charge in [0.2, 0.25) is 0 Å². The van der Waals surface area contributed by atoms with Gasteiger partial charge < -0.3 is 5.32 Å². The standard InChI is InChI=1S/C7H13NS/c1-6-3-4-9-7(2)5-8-6/h7-8H,1,3-5H2,2H3. The summed E-state index contributed by atoms with van der Waals surface area (Å²) in [7, 11) is 0. The minimum absolute atomic E-state index is 0.754. The molecule has 1 N–H and O–H groups in total. The first-order valence-corrected chi connectivity index (χ1v) is 4.37. The molecule has 52 valence electrons. The molecule has 0 aromatic carbocycles. The molecular weight excluding hydrogens is 130 g/mol. The van der Waals surface area contributed by atoms with Gasteiger partial charge in [-0.2, -0.15) is 11.8 Å². The molecule has 2 heteroatoms. The fraction of sp³-hybridized carbons (Fsp3) is 0.714. The van der Waals surface area contributed by atoms with Crippen LogP contribution in [-0.2, 0) is 0 Å². The molecule has 1 heterocycles. The summed E-state index contributed by atoms with van der Waals surface area (Å²) < 4.78 is 0. The van der Waals surface area contributed by atoms with Gasteiger partial charge in [-0.15, -0.1) is 0 Å². The molecule has 0 spiro atoms. The molecule has 1 saturated heterocycles. The van der Waals surface area contributed by atoms with Crippen LogP contribution in [0.4, 0.5) is 0 Å². The topological polar surface area (TPSA) is 12.0 Å². The van der Waals surface area contributed by atoms with Gasteiger partial charge in [-0.05, 0) is 12.2 Å². The summed E-state index contributed by atoms with van der Waals surface area (Å²) in [5, 5.41) is 4.03. The van der Waals surface area contributed by atoms with E-state index in [1.54, 1.807) is 0 Å². The molecule has 1 rings (SSSR count). The Balaban J connectivity index is 2.34. The highest BCUT2D eigenvalue weighted by molar-refractivity contribution is 7.99. The lowest BCUT2D eigenvalue weighted by atomic mass is 10.3. The van der Waals surface area contributed by atoms with Crippen LogP contribution in [-0.4, -0.2) is 17.5 Å². The van der Waals surface area contributed by atoms with Crippen LogP contribution < -0.4 is 5.32 Å². The molecule has 0 aromatic rings. The Kier molecular flexibility index (Phi) is 2.46. The summed E-state index contributed by atoms with van der Waals surface area (Å²) in [6.45, 7) is 7.22. The molecule has 1 aliphatic rings. The number of thioether (sulfide) groups is 1. The average molecular weight is 143 g/mol. The van der Waals surface area contributed by atoms with E-state index in [2.05, 4.69) is 18.8 Å². The van der Waals surface area contributed by atoms with Crippen molar-refractivity contribution in [1.29, 1.82) is 0 Å². The number of hydrogen-bond donors (Lipinski definition) is 1. The zero-order chi connectivity index (χ0) is 6.69. The maximum atomic E-state index is 3.88. The van der Waals surface area contributed by atoms with Crippen molar-refractivity contribution >= 4 is 11.8 Å². The fourth-order valence-electron chi connectivity index (χ4n) is 0.819. The first-order valence-electron chi connectivity index (χ1n) is 3.32. The smallest absolute Gasteiger partial charge is 0.0260 e. The highest BCUT2D eigenvalue weighted by Gasteiger charge is 2.07. The first-order chi connectivity index (χ1) is 4.29. The van der Waals surface area contributed by atoms with Crippen molar-refractivity contribution in [3.8, 4) is 0 Å². The van der Waals surface area contributed by atoms with Crippen molar-refractivity contribution in [3.63, 3.8) is 0 Å². The van der Waals surface area contributed by atoms with E-state index in [-0.39, 0.29) is 0 Å². The van der Waals surface area contributed by atoms with E-state index in [1.807, 2.05) is 11.8 Å². The molecule has 1 unspecified atom stereocenters. The first kappa shape index (κ1) is 7.00. The fourth-order valence-corrected chi connectivity index (χ4v) is 1.79. The molecule has 0 saturated carbocycles. The van der Waals surface area contributed by atoms with Crippen molar-refractivity contribution in [2.45, 2.75) is 18.6 Å². The molecule has 0 aromatic heterocycles. The molecule has 1 fully saturated rings. The van der Waals surface area contributed by atoms with Gasteiger partial charge in [0.1, 0.15) is 0 Å². The second kappa shape index (κ2) is 3.16. The van der Waals surface area contributed by atoms with Crippen LogP contribution in [0, 0.1) is 0 Å². The van der Waals surface area contributed by atoms with Crippen LogP contribution in [0.15, 0.2) is 12.3 Å². The van der Waals surface area contributed by atoms with E-state index in [0.717, 1.165) is 18.2 Å². The Morgan fingerprint density at radius 3 is 3.33 bits per heavy atom. The summed E-state index contributed by atoms with van der Waals surface area (Å²) >= 11 is 2.02. The monoisotopic (exact) mass is 143 g/mol. The third-order valence-corrected chi connectivity index (χ3v) is 2.62. The Labute approximate surface area is 60.9 Å². The SMILES string of the molecule is C=C1CCSC(C)CN1. The second-order valence-electron chi connectivity index (χ2n) is 2.42. The van der Waals surface area contributed by atoms with Gasteiger partial charge in [-0.1, -0.05) is 13.5 Å². The maximum Gasteiger partial charge on any atom is 0.0260 e. The lowest BCUT2D eigenvalue weighted by molar-refractivity contribution is 0.776. The molecule has 0 aliphatic carbocycles. The molecule has 1 atom stereocenters. The van der Waals surface area contributed by atoms with Crippen LogP contribution in [0.3, 0.4) is 0 Å². The van der Waals surface area contributed by atoms with Crippen molar-refractivity contribution in [2.24, 2.45) is 0 Å². The van der Waals surface area contributed by atoms with E-state index >= 15 is 0 Å². The normalized spacial score (nSPS) is 29.0. The zero-order valence-corrected chi connectivity index (χ0v) is 6.63. The lowest BCUT2D eigenvalue weighted by Gasteiger charge is -2.05. The van der Waals surface area contributed by atoms with Gasteiger partial charge in [-0.25, -0.2) is 0 Å². The Hall–Kier alpha value is -0.110. The van der Waals surface area contributed by atoms with Crippen LogP contribution in [0.2, 0.25) is 0 Å². The van der Waals surface area contributed by atoms with E-state index in [9.17, 15) is 0 Å². The van der Waals surface area contributed by atoms with Gasteiger partial charge in [0.25, 0.3) is 0 Å². The zero-order valence-electron chi connectivity index (χ0n) is 5.81. The minimum atomic E-state index is 0.754. The molecule has 0 amide bonds. The highest BCUT2D eigenvalue weighted by Crippen LogP contribution is 2.16. The van der Waals surface area contributed by atoms with Crippen LogP contribution in [0.5, 0.6) is 0 Å². The lowest BCUT2D eigenvalue weighted by Crippen LogP contribution is -2.18. The largest absolute Gasteiger partial charge is 0.388 e. The van der Waals surface area contributed by atoms with Crippen molar-refractivity contribution in [2.75, 3.05) is 12.3 Å². The molecule has 0 radical (unpaired) electrons. The van der Waals surface area contributed by atoms with Crippen LogP contribution in [0.25, 0.3) is 0 Å². The summed E-state index contributed by atoms with van der Waals surface area (Å²) in [6, 6.07) is 0. The number of rotatable bonds is 0. The van der Waals surface area contributed by atoms with Gasteiger partial charge in [-0.3, -0.25) is 0 Å². The summed E-state index contributed by atoms with van der Waals surface area (Å²) in [5.41, 5.74) is 1.20. The number of hydrogen-bond acceptors (Lipinski definition) is 2. The van der Waals surface area contributed by atoms with E-state index in [4.69, 9.17) is 0 Å². The van der Waals surface area contributed by atoms with Crippen molar-refractivity contribution < 1.29 is 0 Å². The van der Waals surface area contributed by atoms with Gasteiger partial charge in [0, 0.05) is 17.5 Å².